The topological polar surface area (TPSA) is 30.5 Å². The average molecular weight is 265 g/mol. The van der Waals surface area contributed by atoms with Crippen LogP contribution in [-0.2, 0) is 0 Å². The maximum atomic E-state index is 5.35. The van der Waals surface area contributed by atoms with Crippen LogP contribution in [0.25, 0.3) is 0 Å². The average Bonchev–Trinajstić information content (AvgIpc) is 2.45. The molecular formula is C16H27NO2. The molecule has 1 aromatic rings. The van der Waals surface area contributed by atoms with Crippen LogP contribution in [0.5, 0.6) is 11.5 Å². The van der Waals surface area contributed by atoms with Crippen LogP contribution in [0.2, 0.25) is 0 Å². The fourth-order valence-corrected chi connectivity index (χ4v) is 2.33. The van der Waals surface area contributed by atoms with E-state index in [1.54, 1.807) is 14.2 Å². The molecular weight excluding hydrogens is 238 g/mol. The molecule has 0 heterocycles. The van der Waals surface area contributed by atoms with Gasteiger partial charge in [0.1, 0.15) is 0 Å². The van der Waals surface area contributed by atoms with Gasteiger partial charge >= 0.3 is 0 Å². The molecule has 19 heavy (non-hydrogen) atoms. The van der Waals surface area contributed by atoms with Gasteiger partial charge in [0.25, 0.3) is 0 Å². The first-order valence-electron chi connectivity index (χ1n) is 7.14. The molecule has 1 rings (SSSR count). The Kier molecular flexibility index (Phi) is 6.71. The van der Waals surface area contributed by atoms with Crippen LogP contribution >= 0.6 is 0 Å². The largest absolute Gasteiger partial charge is 0.493 e. The molecule has 1 N–H and O–H groups in total. The number of ether oxygens (including phenoxy) is 2. The Bertz CT molecular complexity index is 379. The summed E-state index contributed by atoms with van der Waals surface area (Å²) in [5.41, 5.74) is 1.23. The Morgan fingerprint density at radius 2 is 1.79 bits per heavy atom. The predicted octanol–water partition coefficient (Wildman–Crippen LogP) is 3.93. The first-order valence-corrected chi connectivity index (χ1v) is 7.14. The lowest BCUT2D eigenvalue weighted by molar-refractivity contribution is 0.353. The van der Waals surface area contributed by atoms with Crippen molar-refractivity contribution in [1.29, 1.82) is 0 Å². The zero-order valence-corrected chi connectivity index (χ0v) is 12.8. The predicted molar refractivity (Wildman–Crippen MR) is 80.1 cm³/mol. The highest BCUT2D eigenvalue weighted by Crippen LogP contribution is 2.30. The van der Waals surface area contributed by atoms with Gasteiger partial charge in [0.15, 0.2) is 11.5 Å². The number of rotatable bonds is 8. The Morgan fingerprint density at radius 3 is 2.32 bits per heavy atom. The van der Waals surface area contributed by atoms with Crippen molar-refractivity contribution in [1.82, 2.24) is 5.32 Å². The summed E-state index contributed by atoms with van der Waals surface area (Å²) in [5.74, 6) is 1.57. The van der Waals surface area contributed by atoms with Gasteiger partial charge in [-0.1, -0.05) is 26.3 Å². The smallest absolute Gasteiger partial charge is 0.161 e. The zero-order chi connectivity index (χ0) is 14.3. The van der Waals surface area contributed by atoms with E-state index in [9.17, 15) is 0 Å². The van der Waals surface area contributed by atoms with Gasteiger partial charge in [-0.3, -0.25) is 0 Å². The summed E-state index contributed by atoms with van der Waals surface area (Å²) in [6.07, 6.45) is 3.59. The molecule has 2 unspecified atom stereocenters. The Morgan fingerprint density at radius 1 is 1.11 bits per heavy atom. The normalized spacial score (nSPS) is 13.9. The van der Waals surface area contributed by atoms with Crippen molar-refractivity contribution in [2.45, 2.75) is 52.1 Å². The van der Waals surface area contributed by atoms with E-state index in [4.69, 9.17) is 9.47 Å². The molecule has 0 aromatic heterocycles. The van der Waals surface area contributed by atoms with Gasteiger partial charge in [-0.2, -0.15) is 0 Å². The van der Waals surface area contributed by atoms with Gasteiger partial charge in [0, 0.05) is 12.1 Å². The van der Waals surface area contributed by atoms with Crippen LogP contribution in [0, 0.1) is 0 Å². The molecule has 3 heteroatoms. The molecule has 2 atom stereocenters. The maximum absolute atomic E-state index is 5.35. The minimum Gasteiger partial charge on any atom is -0.493 e. The number of benzene rings is 1. The third-order valence-electron chi connectivity index (χ3n) is 3.52. The van der Waals surface area contributed by atoms with Gasteiger partial charge in [0.05, 0.1) is 14.2 Å². The summed E-state index contributed by atoms with van der Waals surface area (Å²) in [6, 6.07) is 7.00. The molecule has 3 nitrogen and oxygen atoms in total. The Labute approximate surface area is 117 Å². The van der Waals surface area contributed by atoms with E-state index in [2.05, 4.69) is 38.2 Å². The lowest BCUT2D eigenvalue weighted by Gasteiger charge is -2.23. The fourth-order valence-electron chi connectivity index (χ4n) is 2.33. The van der Waals surface area contributed by atoms with Crippen molar-refractivity contribution in [2.24, 2.45) is 0 Å². The summed E-state index contributed by atoms with van der Waals surface area (Å²) in [7, 11) is 3.33. The van der Waals surface area contributed by atoms with Crippen molar-refractivity contribution in [3.05, 3.63) is 23.8 Å². The third-order valence-corrected chi connectivity index (χ3v) is 3.52. The molecule has 0 radical (unpaired) electrons. The lowest BCUT2D eigenvalue weighted by Crippen LogP contribution is -2.30. The third kappa shape index (κ3) is 4.43. The minimum atomic E-state index is 0.316. The number of hydrogen-bond donors (Lipinski definition) is 1. The van der Waals surface area contributed by atoms with Gasteiger partial charge in [-0.05, 0) is 37.5 Å². The van der Waals surface area contributed by atoms with E-state index in [1.807, 2.05) is 6.07 Å². The Hall–Kier alpha value is -1.22. The van der Waals surface area contributed by atoms with E-state index in [1.165, 1.54) is 18.4 Å². The van der Waals surface area contributed by atoms with E-state index in [0.29, 0.717) is 12.1 Å². The highest BCUT2D eigenvalue weighted by atomic mass is 16.5. The van der Waals surface area contributed by atoms with Crippen molar-refractivity contribution < 1.29 is 9.47 Å². The highest BCUT2D eigenvalue weighted by Gasteiger charge is 2.13. The molecule has 1 aromatic carbocycles. The standard InChI is InChI=1S/C16H27NO2/c1-6-8-14(7-2)17-12(3)13-9-10-15(18-4)16(11-13)19-5/h9-12,14,17H,6-8H2,1-5H3. The van der Waals surface area contributed by atoms with Crippen LogP contribution in [0.15, 0.2) is 18.2 Å². The number of nitrogens with one attached hydrogen (secondary N) is 1. The molecule has 0 spiro atoms. The van der Waals surface area contributed by atoms with E-state index in [-0.39, 0.29) is 0 Å². The summed E-state index contributed by atoms with van der Waals surface area (Å²) >= 11 is 0. The maximum Gasteiger partial charge on any atom is 0.161 e. The van der Waals surface area contributed by atoms with Gasteiger partial charge in [0.2, 0.25) is 0 Å². The van der Waals surface area contributed by atoms with Crippen LogP contribution in [0.4, 0.5) is 0 Å². The van der Waals surface area contributed by atoms with Crippen LogP contribution in [0.3, 0.4) is 0 Å². The minimum absolute atomic E-state index is 0.316. The van der Waals surface area contributed by atoms with Crippen LogP contribution in [0.1, 0.15) is 51.6 Å². The number of hydrogen-bond acceptors (Lipinski definition) is 3. The van der Waals surface area contributed by atoms with E-state index in [0.717, 1.165) is 17.9 Å². The summed E-state index contributed by atoms with van der Waals surface area (Å²) in [4.78, 5) is 0. The molecule has 0 aliphatic rings. The quantitative estimate of drug-likeness (QED) is 0.772. The van der Waals surface area contributed by atoms with Crippen molar-refractivity contribution >= 4 is 0 Å². The molecule has 0 aliphatic heterocycles. The first kappa shape index (κ1) is 15.8. The fraction of sp³-hybridized carbons (Fsp3) is 0.625. The summed E-state index contributed by atoms with van der Waals surface area (Å²) in [6.45, 7) is 6.65. The lowest BCUT2D eigenvalue weighted by atomic mass is 10.0. The molecule has 0 saturated heterocycles. The zero-order valence-electron chi connectivity index (χ0n) is 12.8. The van der Waals surface area contributed by atoms with Gasteiger partial charge < -0.3 is 14.8 Å². The first-order chi connectivity index (χ1) is 9.15. The van der Waals surface area contributed by atoms with Crippen LogP contribution in [-0.4, -0.2) is 20.3 Å². The van der Waals surface area contributed by atoms with Gasteiger partial charge in [-0.25, -0.2) is 0 Å². The van der Waals surface area contributed by atoms with Crippen molar-refractivity contribution in [3.8, 4) is 11.5 Å². The molecule has 108 valence electrons. The molecule has 0 saturated carbocycles. The molecule has 0 aliphatic carbocycles. The summed E-state index contributed by atoms with van der Waals surface area (Å²) < 4.78 is 10.6. The molecule has 0 amide bonds. The SMILES string of the molecule is CCCC(CC)NC(C)c1ccc(OC)c(OC)c1. The number of methoxy groups -OCH3 is 2. The molecule has 0 fully saturated rings. The second kappa shape index (κ2) is 8.05. The second-order valence-corrected chi connectivity index (χ2v) is 4.90. The summed E-state index contributed by atoms with van der Waals surface area (Å²) in [5, 5.41) is 3.68. The Balaban J connectivity index is 2.78. The highest BCUT2D eigenvalue weighted by molar-refractivity contribution is 5.43. The second-order valence-electron chi connectivity index (χ2n) is 4.90. The van der Waals surface area contributed by atoms with Crippen molar-refractivity contribution in [3.63, 3.8) is 0 Å². The molecule has 0 bridgehead atoms. The van der Waals surface area contributed by atoms with Crippen molar-refractivity contribution in [2.75, 3.05) is 14.2 Å². The van der Waals surface area contributed by atoms with Crippen LogP contribution < -0.4 is 14.8 Å². The van der Waals surface area contributed by atoms with E-state index < -0.39 is 0 Å². The van der Waals surface area contributed by atoms with E-state index >= 15 is 0 Å². The monoisotopic (exact) mass is 265 g/mol. The van der Waals surface area contributed by atoms with Gasteiger partial charge in [-0.15, -0.1) is 0 Å².